The lowest BCUT2D eigenvalue weighted by molar-refractivity contribution is 0.340. The molecule has 0 aliphatic heterocycles. The Morgan fingerprint density at radius 3 is 2.00 bits per heavy atom. The third-order valence-corrected chi connectivity index (χ3v) is 3.37. The first kappa shape index (κ1) is 14.2. The lowest BCUT2D eigenvalue weighted by Crippen LogP contribution is -2.35. The SMILES string of the molecule is CC(C)CC(NC(C)C(C)C)c1ccccc1. The van der Waals surface area contributed by atoms with E-state index in [-0.39, 0.29) is 0 Å². The summed E-state index contributed by atoms with van der Waals surface area (Å²) in [5, 5.41) is 3.76. The van der Waals surface area contributed by atoms with Gasteiger partial charge in [-0.1, -0.05) is 58.0 Å². The van der Waals surface area contributed by atoms with Gasteiger partial charge >= 0.3 is 0 Å². The van der Waals surface area contributed by atoms with Crippen LogP contribution in [0.3, 0.4) is 0 Å². The van der Waals surface area contributed by atoms with E-state index in [0.29, 0.717) is 23.9 Å². The third kappa shape index (κ3) is 4.91. The molecule has 1 aromatic rings. The van der Waals surface area contributed by atoms with Gasteiger partial charge in [-0.05, 0) is 30.7 Å². The molecule has 0 spiro atoms. The molecule has 96 valence electrons. The van der Waals surface area contributed by atoms with Crippen LogP contribution in [0, 0.1) is 11.8 Å². The molecule has 2 atom stereocenters. The molecular weight excluding hydrogens is 206 g/mol. The molecular formula is C16H27N. The van der Waals surface area contributed by atoms with Crippen molar-refractivity contribution in [2.24, 2.45) is 11.8 Å². The van der Waals surface area contributed by atoms with Crippen molar-refractivity contribution in [3.05, 3.63) is 35.9 Å². The number of hydrogen-bond donors (Lipinski definition) is 1. The van der Waals surface area contributed by atoms with Crippen LogP contribution in [-0.2, 0) is 0 Å². The van der Waals surface area contributed by atoms with Gasteiger partial charge in [-0.25, -0.2) is 0 Å². The first-order valence-electron chi connectivity index (χ1n) is 6.81. The zero-order valence-electron chi connectivity index (χ0n) is 11.9. The summed E-state index contributed by atoms with van der Waals surface area (Å²) in [5.41, 5.74) is 1.41. The normalized spacial score (nSPS) is 15.2. The predicted octanol–water partition coefficient (Wildman–Crippen LogP) is 4.41. The molecule has 1 heteroatoms. The molecule has 0 bridgehead atoms. The summed E-state index contributed by atoms with van der Waals surface area (Å²) in [6, 6.07) is 11.8. The van der Waals surface area contributed by atoms with Gasteiger partial charge in [-0.15, -0.1) is 0 Å². The van der Waals surface area contributed by atoms with E-state index in [2.05, 4.69) is 70.3 Å². The minimum Gasteiger partial charge on any atom is -0.307 e. The number of hydrogen-bond acceptors (Lipinski definition) is 1. The zero-order chi connectivity index (χ0) is 12.8. The maximum atomic E-state index is 3.76. The third-order valence-electron chi connectivity index (χ3n) is 3.37. The van der Waals surface area contributed by atoms with Crippen LogP contribution in [0.5, 0.6) is 0 Å². The highest BCUT2D eigenvalue weighted by atomic mass is 14.9. The molecule has 0 aliphatic carbocycles. The molecule has 1 nitrogen and oxygen atoms in total. The molecule has 0 saturated carbocycles. The molecule has 0 aliphatic rings. The lowest BCUT2D eigenvalue weighted by atomic mass is 9.95. The average Bonchev–Trinajstić information content (AvgIpc) is 2.28. The van der Waals surface area contributed by atoms with Crippen LogP contribution < -0.4 is 5.32 Å². The van der Waals surface area contributed by atoms with E-state index >= 15 is 0 Å². The Kier molecular flexibility index (Phi) is 5.70. The van der Waals surface area contributed by atoms with Gasteiger partial charge in [0.2, 0.25) is 0 Å². The number of benzene rings is 1. The van der Waals surface area contributed by atoms with Gasteiger partial charge in [0.25, 0.3) is 0 Å². The fourth-order valence-corrected chi connectivity index (χ4v) is 1.97. The Morgan fingerprint density at radius 1 is 0.941 bits per heavy atom. The largest absolute Gasteiger partial charge is 0.307 e. The highest BCUT2D eigenvalue weighted by Crippen LogP contribution is 2.22. The first-order chi connectivity index (χ1) is 8.00. The van der Waals surface area contributed by atoms with Crippen LogP contribution in [0.15, 0.2) is 30.3 Å². The van der Waals surface area contributed by atoms with E-state index in [1.165, 1.54) is 12.0 Å². The summed E-state index contributed by atoms with van der Waals surface area (Å²) >= 11 is 0. The van der Waals surface area contributed by atoms with Gasteiger partial charge in [0.1, 0.15) is 0 Å². The fraction of sp³-hybridized carbons (Fsp3) is 0.625. The van der Waals surface area contributed by atoms with Crippen molar-refractivity contribution >= 4 is 0 Å². The molecule has 1 rings (SSSR count). The van der Waals surface area contributed by atoms with Crippen LogP contribution in [0.2, 0.25) is 0 Å². The van der Waals surface area contributed by atoms with Crippen LogP contribution in [0.4, 0.5) is 0 Å². The second kappa shape index (κ2) is 6.80. The van der Waals surface area contributed by atoms with Crippen molar-refractivity contribution in [3.63, 3.8) is 0 Å². The number of nitrogens with one attached hydrogen (secondary N) is 1. The smallest absolute Gasteiger partial charge is 0.0325 e. The summed E-state index contributed by atoms with van der Waals surface area (Å²) in [6.07, 6.45) is 1.20. The van der Waals surface area contributed by atoms with Crippen molar-refractivity contribution in [3.8, 4) is 0 Å². The van der Waals surface area contributed by atoms with E-state index in [1.54, 1.807) is 0 Å². The Morgan fingerprint density at radius 2 is 1.53 bits per heavy atom. The molecule has 0 heterocycles. The van der Waals surface area contributed by atoms with Crippen molar-refractivity contribution in [1.29, 1.82) is 0 Å². The van der Waals surface area contributed by atoms with Gasteiger partial charge in [0, 0.05) is 12.1 Å². The predicted molar refractivity (Wildman–Crippen MR) is 76.1 cm³/mol. The highest BCUT2D eigenvalue weighted by Gasteiger charge is 2.17. The van der Waals surface area contributed by atoms with Crippen LogP contribution in [-0.4, -0.2) is 6.04 Å². The summed E-state index contributed by atoms with van der Waals surface area (Å²) in [6.45, 7) is 11.4. The zero-order valence-corrected chi connectivity index (χ0v) is 11.9. The Labute approximate surface area is 107 Å². The molecule has 1 aromatic carbocycles. The fourth-order valence-electron chi connectivity index (χ4n) is 1.97. The average molecular weight is 233 g/mol. The summed E-state index contributed by atoms with van der Waals surface area (Å²) in [7, 11) is 0. The Bertz CT molecular complexity index is 303. The standard InChI is InChI=1S/C16H27N/c1-12(2)11-16(17-14(5)13(3)4)15-9-7-6-8-10-15/h6-10,12-14,16-17H,11H2,1-5H3. The van der Waals surface area contributed by atoms with Crippen molar-refractivity contribution in [1.82, 2.24) is 5.32 Å². The molecule has 0 fully saturated rings. The minimum atomic E-state index is 0.480. The highest BCUT2D eigenvalue weighted by molar-refractivity contribution is 5.19. The topological polar surface area (TPSA) is 12.0 Å². The van der Waals surface area contributed by atoms with Crippen LogP contribution in [0.1, 0.15) is 52.6 Å². The van der Waals surface area contributed by atoms with Gasteiger partial charge in [0.15, 0.2) is 0 Å². The molecule has 0 saturated heterocycles. The maximum absolute atomic E-state index is 3.76. The van der Waals surface area contributed by atoms with Gasteiger partial charge < -0.3 is 5.32 Å². The first-order valence-corrected chi connectivity index (χ1v) is 6.81. The summed E-state index contributed by atoms with van der Waals surface area (Å²) < 4.78 is 0. The van der Waals surface area contributed by atoms with Crippen LogP contribution in [0.25, 0.3) is 0 Å². The van der Waals surface area contributed by atoms with E-state index in [9.17, 15) is 0 Å². The van der Waals surface area contributed by atoms with E-state index in [4.69, 9.17) is 0 Å². The number of rotatable bonds is 6. The summed E-state index contributed by atoms with van der Waals surface area (Å²) in [4.78, 5) is 0. The van der Waals surface area contributed by atoms with Crippen molar-refractivity contribution in [2.45, 2.75) is 53.1 Å². The van der Waals surface area contributed by atoms with E-state index in [0.717, 1.165) is 0 Å². The monoisotopic (exact) mass is 233 g/mol. The quantitative estimate of drug-likeness (QED) is 0.767. The molecule has 17 heavy (non-hydrogen) atoms. The van der Waals surface area contributed by atoms with Crippen LogP contribution >= 0.6 is 0 Å². The maximum Gasteiger partial charge on any atom is 0.0325 e. The molecule has 0 radical (unpaired) electrons. The Balaban J connectivity index is 2.74. The molecule has 2 unspecified atom stereocenters. The molecule has 1 N–H and O–H groups in total. The van der Waals surface area contributed by atoms with E-state index in [1.807, 2.05) is 0 Å². The molecule has 0 amide bonds. The second-order valence-corrected chi connectivity index (χ2v) is 5.79. The molecule has 0 aromatic heterocycles. The van der Waals surface area contributed by atoms with Crippen molar-refractivity contribution in [2.75, 3.05) is 0 Å². The second-order valence-electron chi connectivity index (χ2n) is 5.79. The summed E-state index contributed by atoms with van der Waals surface area (Å²) in [5.74, 6) is 1.39. The van der Waals surface area contributed by atoms with Gasteiger partial charge in [0.05, 0.1) is 0 Å². The minimum absolute atomic E-state index is 0.480. The lowest BCUT2D eigenvalue weighted by Gasteiger charge is -2.27. The van der Waals surface area contributed by atoms with E-state index < -0.39 is 0 Å². The van der Waals surface area contributed by atoms with Crippen molar-refractivity contribution < 1.29 is 0 Å². The van der Waals surface area contributed by atoms with Gasteiger partial charge in [-0.2, -0.15) is 0 Å². The Hall–Kier alpha value is -0.820. The van der Waals surface area contributed by atoms with Gasteiger partial charge in [-0.3, -0.25) is 0 Å².